The van der Waals surface area contributed by atoms with Crippen molar-refractivity contribution in [3.63, 3.8) is 0 Å². The SMILES string of the molecule is CC.CCC(C)/C=C/C1CCC(c2ccc(-c3cc(F)c(O)c(F)c3)cc2)CC1.CCCCCCCC. The number of aromatic hydroxyl groups is 1. The molecule has 0 saturated heterocycles. The first-order valence-corrected chi connectivity index (χ1v) is 14.9. The Hall–Kier alpha value is -2.16. The highest BCUT2D eigenvalue weighted by molar-refractivity contribution is 5.65. The van der Waals surface area contributed by atoms with E-state index < -0.39 is 17.4 Å². The number of hydrogen-bond acceptors (Lipinski definition) is 1. The number of hydrogen-bond donors (Lipinski definition) is 1. The predicted molar refractivity (Wildman–Crippen MR) is 157 cm³/mol. The summed E-state index contributed by atoms with van der Waals surface area (Å²) < 4.78 is 27.1. The van der Waals surface area contributed by atoms with Gasteiger partial charge in [-0.3, -0.25) is 0 Å². The first-order chi connectivity index (χ1) is 17.9. The van der Waals surface area contributed by atoms with E-state index in [-0.39, 0.29) is 0 Å². The Bertz CT molecular complexity index is 850. The summed E-state index contributed by atoms with van der Waals surface area (Å²) in [6.07, 6.45) is 19.2. The van der Waals surface area contributed by atoms with Gasteiger partial charge in [-0.2, -0.15) is 0 Å². The molecule has 1 aliphatic carbocycles. The maximum absolute atomic E-state index is 13.6. The molecule has 1 unspecified atom stereocenters. The minimum Gasteiger partial charge on any atom is -0.503 e. The van der Waals surface area contributed by atoms with Crippen LogP contribution in [0.1, 0.15) is 124 Å². The average molecular weight is 515 g/mol. The van der Waals surface area contributed by atoms with Crippen molar-refractivity contribution in [2.45, 2.75) is 118 Å². The van der Waals surface area contributed by atoms with Gasteiger partial charge in [-0.1, -0.05) is 123 Å². The maximum atomic E-state index is 13.6. The number of unbranched alkanes of at least 4 members (excludes halogenated alkanes) is 5. The summed E-state index contributed by atoms with van der Waals surface area (Å²) in [6, 6.07) is 10.3. The third kappa shape index (κ3) is 11.8. The number of halogens is 2. The zero-order valence-electron chi connectivity index (χ0n) is 24.3. The fourth-order valence-corrected chi connectivity index (χ4v) is 4.66. The molecule has 1 atom stereocenters. The van der Waals surface area contributed by atoms with Gasteiger partial charge in [0.1, 0.15) is 0 Å². The smallest absolute Gasteiger partial charge is 0.187 e. The lowest BCUT2D eigenvalue weighted by atomic mass is 9.78. The summed E-state index contributed by atoms with van der Waals surface area (Å²) in [6.45, 7) is 13.0. The molecule has 37 heavy (non-hydrogen) atoms. The van der Waals surface area contributed by atoms with Gasteiger partial charge in [0.05, 0.1) is 0 Å². The van der Waals surface area contributed by atoms with Crippen LogP contribution in [0.2, 0.25) is 0 Å². The number of rotatable bonds is 10. The van der Waals surface area contributed by atoms with Crippen molar-refractivity contribution in [3.8, 4) is 16.9 Å². The van der Waals surface area contributed by atoms with Gasteiger partial charge < -0.3 is 5.11 Å². The van der Waals surface area contributed by atoms with E-state index in [4.69, 9.17) is 0 Å². The lowest BCUT2D eigenvalue weighted by molar-refractivity contribution is 0.374. The Morgan fingerprint density at radius 2 is 1.32 bits per heavy atom. The van der Waals surface area contributed by atoms with E-state index in [2.05, 4.69) is 52.0 Å². The topological polar surface area (TPSA) is 20.2 Å². The molecular formula is C34H52F2O. The van der Waals surface area contributed by atoms with E-state index in [1.165, 1.54) is 88.3 Å². The van der Waals surface area contributed by atoms with Gasteiger partial charge in [-0.25, -0.2) is 8.78 Å². The van der Waals surface area contributed by atoms with Crippen LogP contribution in [0, 0.1) is 23.5 Å². The average Bonchev–Trinajstić information content (AvgIpc) is 2.94. The molecule has 1 saturated carbocycles. The second kappa shape index (κ2) is 19.0. The van der Waals surface area contributed by atoms with Crippen LogP contribution in [0.4, 0.5) is 8.78 Å². The van der Waals surface area contributed by atoms with Crippen LogP contribution in [0.3, 0.4) is 0 Å². The van der Waals surface area contributed by atoms with E-state index in [9.17, 15) is 13.9 Å². The van der Waals surface area contributed by atoms with E-state index >= 15 is 0 Å². The van der Waals surface area contributed by atoms with Crippen LogP contribution in [0.25, 0.3) is 11.1 Å². The fraction of sp³-hybridized carbons (Fsp3) is 0.588. The van der Waals surface area contributed by atoms with Crippen LogP contribution >= 0.6 is 0 Å². The minimum absolute atomic E-state index is 0.438. The second-order valence-electron chi connectivity index (χ2n) is 10.2. The Balaban J connectivity index is 0.000000586. The molecule has 208 valence electrons. The molecule has 1 nitrogen and oxygen atoms in total. The van der Waals surface area contributed by atoms with Crippen LogP contribution in [0.5, 0.6) is 5.75 Å². The Kier molecular flexibility index (Phi) is 16.9. The molecule has 0 aliphatic heterocycles. The van der Waals surface area contributed by atoms with Crippen LogP contribution in [-0.4, -0.2) is 5.11 Å². The lowest BCUT2D eigenvalue weighted by Gasteiger charge is -2.27. The van der Waals surface area contributed by atoms with Crippen molar-refractivity contribution in [3.05, 3.63) is 65.7 Å². The lowest BCUT2D eigenvalue weighted by Crippen LogP contribution is -2.12. The van der Waals surface area contributed by atoms with Gasteiger partial charge in [0.25, 0.3) is 0 Å². The van der Waals surface area contributed by atoms with Crippen molar-refractivity contribution in [1.82, 2.24) is 0 Å². The van der Waals surface area contributed by atoms with Gasteiger partial charge >= 0.3 is 0 Å². The molecule has 3 rings (SSSR count). The largest absolute Gasteiger partial charge is 0.503 e. The van der Waals surface area contributed by atoms with Gasteiger partial charge in [0.2, 0.25) is 0 Å². The molecule has 0 aromatic heterocycles. The van der Waals surface area contributed by atoms with E-state index in [1.54, 1.807) is 0 Å². The molecule has 0 amide bonds. The number of benzene rings is 2. The first kappa shape index (κ1) is 32.9. The van der Waals surface area contributed by atoms with Gasteiger partial charge in [-0.05, 0) is 72.3 Å². The summed E-state index contributed by atoms with van der Waals surface area (Å²) in [7, 11) is 0. The summed E-state index contributed by atoms with van der Waals surface area (Å²) in [5.41, 5.74) is 2.48. The maximum Gasteiger partial charge on any atom is 0.187 e. The Morgan fingerprint density at radius 1 is 0.811 bits per heavy atom. The molecule has 0 spiro atoms. The third-order valence-electron chi connectivity index (χ3n) is 7.32. The van der Waals surface area contributed by atoms with Crippen molar-refractivity contribution < 1.29 is 13.9 Å². The second-order valence-corrected chi connectivity index (χ2v) is 10.2. The molecule has 1 aliphatic rings. The van der Waals surface area contributed by atoms with Crippen molar-refractivity contribution in [2.24, 2.45) is 11.8 Å². The molecule has 1 fully saturated rings. The monoisotopic (exact) mass is 514 g/mol. The van der Waals surface area contributed by atoms with Crippen LogP contribution in [0.15, 0.2) is 48.6 Å². The molecule has 0 heterocycles. The third-order valence-corrected chi connectivity index (χ3v) is 7.32. The highest BCUT2D eigenvalue weighted by atomic mass is 19.1. The van der Waals surface area contributed by atoms with E-state index in [0.29, 0.717) is 23.3 Å². The van der Waals surface area contributed by atoms with Gasteiger partial charge in [0.15, 0.2) is 17.4 Å². The summed E-state index contributed by atoms with van der Waals surface area (Å²) >= 11 is 0. The Labute approximate surface area is 226 Å². The summed E-state index contributed by atoms with van der Waals surface area (Å²) in [4.78, 5) is 0. The number of phenolic OH excluding ortho intramolecular Hbond substituents is 1. The minimum atomic E-state index is -0.933. The Morgan fingerprint density at radius 3 is 1.78 bits per heavy atom. The molecule has 2 aromatic carbocycles. The predicted octanol–water partition coefficient (Wildman–Crippen LogP) is 11.6. The summed E-state index contributed by atoms with van der Waals surface area (Å²) in [5, 5.41) is 9.24. The van der Waals surface area contributed by atoms with Crippen molar-refractivity contribution in [1.29, 1.82) is 0 Å². The van der Waals surface area contributed by atoms with Crippen molar-refractivity contribution >= 4 is 0 Å². The van der Waals surface area contributed by atoms with Crippen LogP contribution in [-0.2, 0) is 0 Å². The highest BCUT2D eigenvalue weighted by Gasteiger charge is 2.21. The van der Waals surface area contributed by atoms with Crippen LogP contribution < -0.4 is 0 Å². The molecule has 0 radical (unpaired) electrons. The zero-order chi connectivity index (χ0) is 27.6. The standard InChI is InChI=1S/C24H28F2O.C8H18.C2H6/c1-3-16(2)4-5-17-6-8-18(9-7-17)19-10-12-20(13-11-19)21-14-22(25)24(27)23(26)15-21;1-3-5-7-8-6-4-2;1-2/h4-5,10-18,27H,3,6-9H2,1-2H3;3-8H2,1-2H3;1-2H3/b5-4+;;. The number of allylic oxidation sites excluding steroid dienone is 2. The molecular weight excluding hydrogens is 462 g/mol. The molecule has 2 aromatic rings. The molecule has 0 bridgehead atoms. The zero-order valence-corrected chi connectivity index (χ0v) is 24.3. The van der Waals surface area contributed by atoms with E-state index in [1.807, 2.05) is 26.0 Å². The summed E-state index contributed by atoms with van der Waals surface area (Å²) in [5.74, 6) is -0.881. The van der Waals surface area contributed by atoms with Crippen molar-refractivity contribution in [2.75, 3.05) is 0 Å². The normalized spacial score (nSPS) is 17.9. The van der Waals surface area contributed by atoms with Gasteiger partial charge in [-0.15, -0.1) is 0 Å². The quantitative estimate of drug-likeness (QED) is 0.247. The van der Waals surface area contributed by atoms with E-state index in [0.717, 1.165) is 5.56 Å². The van der Waals surface area contributed by atoms with Gasteiger partial charge in [0, 0.05) is 0 Å². The molecule has 3 heteroatoms. The fourth-order valence-electron chi connectivity index (χ4n) is 4.66. The molecule has 1 N–H and O–H groups in total. The first-order valence-electron chi connectivity index (χ1n) is 14.9. The number of phenols is 1. The highest BCUT2D eigenvalue weighted by Crippen LogP contribution is 2.37.